The van der Waals surface area contributed by atoms with Crippen molar-refractivity contribution >= 4 is 19.7 Å². The Bertz CT molecular complexity index is 381. The van der Waals surface area contributed by atoms with Gasteiger partial charge in [0.25, 0.3) is 0 Å². The van der Waals surface area contributed by atoms with Gasteiger partial charge < -0.3 is 20.4 Å². The largest absolute Gasteiger partial charge is 0.386 e. The maximum atomic E-state index is 10.8. The molecular weight excluding hydrogens is 264 g/mol. The second kappa shape index (κ2) is 4.94. The molecule has 8 nitrogen and oxygen atoms in total. The van der Waals surface area contributed by atoms with E-state index in [0.29, 0.717) is 12.5 Å². The Morgan fingerprint density at radius 2 is 0.875 bits per heavy atom. The van der Waals surface area contributed by atoms with E-state index in [0.717, 1.165) is 0 Å². The standard InChI is InChI=1S/C6H14O8S2/c1-15(11,12)5(9)3(7)4(8)6(10)16(2,13)14/h3-10H,1-2H3/t3-,4+,5?,6?. The van der Waals surface area contributed by atoms with E-state index in [9.17, 15) is 16.8 Å². The summed E-state index contributed by atoms with van der Waals surface area (Å²) in [6.07, 6.45) is -3.47. The van der Waals surface area contributed by atoms with Crippen LogP contribution in [0.3, 0.4) is 0 Å². The van der Waals surface area contributed by atoms with E-state index in [1.54, 1.807) is 0 Å². The highest BCUT2D eigenvalue weighted by Crippen LogP contribution is 2.12. The van der Waals surface area contributed by atoms with Crippen LogP contribution in [0.5, 0.6) is 0 Å². The third-order valence-electron chi connectivity index (χ3n) is 1.81. The average molecular weight is 278 g/mol. The van der Waals surface area contributed by atoms with Gasteiger partial charge in [0.2, 0.25) is 0 Å². The summed E-state index contributed by atoms with van der Waals surface area (Å²) in [7, 11) is -8.17. The summed E-state index contributed by atoms with van der Waals surface area (Å²) in [6, 6.07) is 0. The van der Waals surface area contributed by atoms with Crippen molar-refractivity contribution in [2.24, 2.45) is 0 Å². The van der Waals surface area contributed by atoms with Gasteiger partial charge in [-0.3, -0.25) is 0 Å². The Hall–Kier alpha value is -0.260. The van der Waals surface area contributed by atoms with Crippen LogP contribution in [0.4, 0.5) is 0 Å². The molecule has 0 aromatic carbocycles. The predicted molar refractivity (Wildman–Crippen MR) is 53.7 cm³/mol. The molecule has 0 saturated carbocycles. The number of rotatable bonds is 5. The molecule has 4 N–H and O–H groups in total. The normalized spacial score (nSPS) is 21.1. The molecule has 0 heterocycles. The molecule has 0 aromatic rings. The number of hydrogen-bond donors (Lipinski definition) is 4. The van der Waals surface area contributed by atoms with Crippen molar-refractivity contribution in [1.29, 1.82) is 0 Å². The second-order valence-electron chi connectivity index (χ2n) is 3.42. The summed E-state index contributed by atoms with van der Waals surface area (Å²) >= 11 is 0. The fourth-order valence-electron chi connectivity index (χ4n) is 0.844. The molecule has 0 bridgehead atoms. The minimum Gasteiger partial charge on any atom is -0.386 e. The quantitative estimate of drug-likeness (QED) is 0.403. The van der Waals surface area contributed by atoms with Crippen LogP contribution in [0.2, 0.25) is 0 Å². The minimum absolute atomic E-state index is 0.584. The van der Waals surface area contributed by atoms with Crippen LogP contribution < -0.4 is 0 Å². The van der Waals surface area contributed by atoms with Crippen LogP contribution in [0.1, 0.15) is 0 Å². The van der Waals surface area contributed by atoms with Gasteiger partial charge in [-0.15, -0.1) is 0 Å². The van der Waals surface area contributed by atoms with E-state index >= 15 is 0 Å². The Morgan fingerprint density at radius 3 is 1.00 bits per heavy atom. The maximum Gasteiger partial charge on any atom is 0.183 e. The smallest absolute Gasteiger partial charge is 0.183 e. The Kier molecular flexibility index (Phi) is 4.86. The Morgan fingerprint density at radius 1 is 0.688 bits per heavy atom. The molecule has 4 atom stereocenters. The summed E-state index contributed by atoms with van der Waals surface area (Å²) in [5.74, 6) is 0. The average Bonchev–Trinajstić information content (AvgIpc) is 2.10. The van der Waals surface area contributed by atoms with Crippen LogP contribution in [0.15, 0.2) is 0 Å². The number of sulfone groups is 2. The van der Waals surface area contributed by atoms with Gasteiger partial charge in [0, 0.05) is 12.5 Å². The lowest BCUT2D eigenvalue weighted by molar-refractivity contribution is -0.0628. The third kappa shape index (κ3) is 3.96. The molecule has 0 amide bonds. The van der Waals surface area contributed by atoms with Gasteiger partial charge >= 0.3 is 0 Å². The van der Waals surface area contributed by atoms with Gasteiger partial charge in [-0.05, 0) is 0 Å². The monoisotopic (exact) mass is 278 g/mol. The summed E-state index contributed by atoms with van der Waals surface area (Å²) in [6.45, 7) is 0. The first kappa shape index (κ1) is 15.7. The zero-order valence-electron chi connectivity index (χ0n) is 8.55. The first-order valence-electron chi connectivity index (χ1n) is 3.99. The molecule has 98 valence electrons. The van der Waals surface area contributed by atoms with E-state index in [1.807, 2.05) is 0 Å². The fraction of sp³-hybridized carbons (Fsp3) is 1.00. The van der Waals surface area contributed by atoms with Crippen molar-refractivity contribution in [2.75, 3.05) is 12.5 Å². The molecule has 0 spiro atoms. The van der Waals surface area contributed by atoms with Crippen molar-refractivity contribution in [3.63, 3.8) is 0 Å². The zero-order chi connectivity index (χ0) is 13.3. The van der Waals surface area contributed by atoms with Gasteiger partial charge in [-0.25, -0.2) is 16.8 Å². The van der Waals surface area contributed by atoms with Crippen molar-refractivity contribution in [1.82, 2.24) is 0 Å². The van der Waals surface area contributed by atoms with Gasteiger partial charge in [0.05, 0.1) is 0 Å². The van der Waals surface area contributed by atoms with Crippen LogP contribution in [-0.2, 0) is 19.7 Å². The van der Waals surface area contributed by atoms with Crippen molar-refractivity contribution in [3.8, 4) is 0 Å². The number of hydrogen-bond acceptors (Lipinski definition) is 8. The van der Waals surface area contributed by atoms with E-state index in [2.05, 4.69) is 0 Å². The predicted octanol–water partition coefficient (Wildman–Crippen LogP) is -3.57. The lowest BCUT2D eigenvalue weighted by Crippen LogP contribution is -2.49. The summed E-state index contributed by atoms with van der Waals surface area (Å²) in [4.78, 5) is 0. The highest BCUT2D eigenvalue weighted by Gasteiger charge is 2.39. The molecule has 16 heavy (non-hydrogen) atoms. The van der Waals surface area contributed by atoms with Gasteiger partial charge in [0.1, 0.15) is 12.2 Å². The molecule has 0 aliphatic heterocycles. The Labute approximate surface area is 93.0 Å². The van der Waals surface area contributed by atoms with Gasteiger partial charge in [0.15, 0.2) is 30.5 Å². The molecular formula is C6H14O8S2. The molecule has 0 aromatic heterocycles. The maximum absolute atomic E-state index is 10.8. The summed E-state index contributed by atoms with van der Waals surface area (Å²) < 4.78 is 43.2. The van der Waals surface area contributed by atoms with Crippen LogP contribution in [-0.4, -0.2) is 72.9 Å². The van der Waals surface area contributed by atoms with Crippen LogP contribution in [0.25, 0.3) is 0 Å². The minimum atomic E-state index is -4.09. The Balaban J connectivity index is 4.96. The molecule has 0 aliphatic carbocycles. The highest BCUT2D eigenvalue weighted by molar-refractivity contribution is 7.91. The summed E-state index contributed by atoms with van der Waals surface area (Å²) in [5.41, 5.74) is -4.75. The fourth-order valence-corrected chi connectivity index (χ4v) is 2.18. The molecule has 0 aliphatic rings. The number of aliphatic hydroxyl groups is 4. The first-order valence-corrected chi connectivity index (χ1v) is 7.90. The SMILES string of the molecule is CS(=O)(=O)C(O)[C@@H](O)[C@@H](O)C(O)S(C)(=O)=O. The summed E-state index contributed by atoms with van der Waals surface area (Å²) in [5, 5.41) is 36.4. The van der Waals surface area contributed by atoms with Gasteiger partial charge in [-0.1, -0.05) is 0 Å². The zero-order valence-corrected chi connectivity index (χ0v) is 10.2. The van der Waals surface area contributed by atoms with E-state index < -0.39 is 42.8 Å². The highest BCUT2D eigenvalue weighted by atomic mass is 32.2. The molecule has 0 fully saturated rings. The van der Waals surface area contributed by atoms with E-state index in [4.69, 9.17) is 20.4 Å². The molecule has 2 unspecified atom stereocenters. The molecule has 10 heteroatoms. The first-order chi connectivity index (χ1) is 6.89. The lowest BCUT2D eigenvalue weighted by Gasteiger charge is -2.24. The third-order valence-corrected chi connectivity index (χ3v) is 4.12. The molecule has 0 saturated heterocycles. The molecule has 0 rings (SSSR count). The lowest BCUT2D eigenvalue weighted by atomic mass is 10.2. The van der Waals surface area contributed by atoms with Crippen molar-refractivity contribution in [3.05, 3.63) is 0 Å². The second-order valence-corrected chi connectivity index (χ2v) is 7.71. The van der Waals surface area contributed by atoms with E-state index in [-0.39, 0.29) is 0 Å². The van der Waals surface area contributed by atoms with E-state index in [1.165, 1.54) is 0 Å². The number of aliphatic hydroxyl groups excluding tert-OH is 4. The van der Waals surface area contributed by atoms with Crippen LogP contribution in [0, 0.1) is 0 Å². The van der Waals surface area contributed by atoms with Crippen molar-refractivity contribution < 1.29 is 37.3 Å². The topological polar surface area (TPSA) is 149 Å². The molecule has 0 radical (unpaired) electrons. The van der Waals surface area contributed by atoms with Crippen LogP contribution >= 0.6 is 0 Å². The van der Waals surface area contributed by atoms with Gasteiger partial charge in [-0.2, -0.15) is 0 Å². The van der Waals surface area contributed by atoms with Crippen molar-refractivity contribution in [2.45, 2.75) is 23.1 Å².